The van der Waals surface area contributed by atoms with E-state index in [1.165, 1.54) is 0 Å². The van der Waals surface area contributed by atoms with E-state index in [0.29, 0.717) is 6.42 Å². The zero-order chi connectivity index (χ0) is 8.85. The Morgan fingerprint density at radius 3 is 2.45 bits per heavy atom. The number of unbranched alkanes of at least 4 members (excludes halogenated alkanes) is 1. The molecule has 0 spiro atoms. The van der Waals surface area contributed by atoms with Crippen LogP contribution in [0.5, 0.6) is 0 Å². The van der Waals surface area contributed by atoms with Crippen molar-refractivity contribution in [2.45, 2.75) is 26.2 Å². The first kappa shape index (κ1) is 10.4. The number of imide groups is 1. The van der Waals surface area contributed by atoms with Crippen molar-refractivity contribution in [2.75, 3.05) is 0 Å². The average molecular weight is 223 g/mol. The number of nitrogens with zero attached hydrogens (tertiary/aromatic N) is 1. The number of urea groups is 1. The van der Waals surface area contributed by atoms with E-state index >= 15 is 0 Å². The van der Waals surface area contributed by atoms with E-state index in [1.807, 2.05) is 6.92 Å². The summed E-state index contributed by atoms with van der Waals surface area (Å²) in [4.78, 5) is 21.3. The quantitative estimate of drug-likeness (QED) is 0.735. The van der Waals surface area contributed by atoms with Crippen molar-refractivity contribution >= 4 is 28.1 Å². The molecule has 0 rings (SSSR count). The summed E-state index contributed by atoms with van der Waals surface area (Å²) >= 11 is 2.75. The van der Waals surface area contributed by atoms with Crippen molar-refractivity contribution in [3.8, 4) is 0 Å². The normalized spacial score (nSPS) is 9.27. The van der Waals surface area contributed by atoms with Gasteiger partial charge in [0.15, 0.2) is 0 Å². The number of hydrogen-bond donors (Lipinski definition) is 1. The van der Waals surface area contributed by atoms with Crippen LogP contribution in [0.25, 0.3) is 0 Å². The van der Waals surface area contributed by atoms with Gasteiger partial charge < -0.3 is 5.73 Å². The molecule has 0 fully saturated rings. The molecule has 4 nitrogen and oxygen atoms in total. The minimum Gasteiger partial charge on any atom is -0.350 e. The fourth-order valence-electron chi connectivity index (χ4n) is 0.549. The highest BCUT2D eigenvalue weighted by Gasteiger charge is 2.13. The number of hydrogen-bond acceptors (Lipinski definition) is 2. The standard InChI is InChI=1S/C6H11BrN2O2/c1-2-3-4-5(10)9(7)6(8)11/h2-4H2,1H3,(H2,8,11). The van der Waals surface area contributed by atoms with Crippen molar-refractivity contribution < 1.29 is 9.59 Å². The van der Waals surface area contributed by atoms with Crippen LogP contribution in [0, 0.1) is 0 Å². The third-order valence-electron chi connectivity index (χ3n) is 1.16. The molecule has 11 heavy (non-hydrogen) atoms. The molecule has 0 radical (unpaired) electrons. The van der Waals surface area contributed by atoms with E-state index < -0.39 is 6.03 Å². The second-order valence-electron chi connectivity index (χ2n) is 2.12. The Morgan fingerprint density at radius 1 is 1.55 bits per heavy atom. The molecule has 0 aromatic carbocycles. The van der Waals surface area contributed by atoms with Crippen LogP contribution in [-0.2, 0) is 4.79 Å². The molecule has 0 atom stereocenters. The van der Waals surface area contributed by atoms with Crippen molar-refractivity contribution in [2.24, 2.45) is 5.73 Å². The average Bonchev–Trinajstić information content (AvgIpc) is 1.98. The molecule has 0 heterocycles. The summed E-state index contributed by atoms with van der Waals surface area (Å²) in [6.45, 7) is 1.97. The van der Waals surface area contributed by atoms with Crippen LogP contribution < -0.4 is 5.73 Å². The molecule has 5 heteroatoms. The summed E-state index contributed by atoms with van der Waals surface area (Å²) in [6.07, 6.45) is 2.05. The first-order chi connectivity index (χ1) is 5.09. The van der Waals surface area contributed by atoms with E-state index in [1.54, 1.807) is 0 Å². The van der Waals surface area contributed by atoms with Crippen molar-refractivity contribution in [3.05, 3.63) is 0 Å². The smallest absolute Gasteiger partial charge is 0.331 e. The highest BCUT2D eigenvalue weighted by atomic mass is 79.9. The first-order valence-corrected chi connectivity index (χ1v) is 4.08. The van der Waals surface area contributed by atoms with Gasteiger partial charge in [-0.3, -0.25) is 4.79 Å². The van der Waals surface area contributed by atoms with Gasteiger partial charge in [-0.05, 0) is 6.42 Å². The van der Waals surface area contributed by atoms with Gasteiger partial charge in [-0.25, -0.2) is 4.79 Å². The van der Waals surface area contributed by atoms with Crippen LogP contribution in [-0.4, -0.2) is 15.9 Å². The predicted molar refractivity (Wildman–Crippen MR) is 44.9 cm³/mol. The maximum absolute atomic E-state index is 10.9. The number of amides is 3. The highest BCUT2D eigenvalue weighted by Crippen LogP contribution is 2.04. The zero-order valence-corrected chi connectivity index (χ0v) is 7.93. The van der Waals surface area contributed by atoms with Crippen molar-refractivity contribution in [3.63, 3.8) is 0 Å². The minimum atomic E-state index is -0.772. The maximum Gasteiger partial charge on any atom is 0.331 e. The van der Waals surface area contributed by atoms with E-state index in [0.717, 1.165) is 16.8 Å². The fourth-order valence-corrected chi connectivity index (χ4v) is 0.726. The molecule has 64 valence electrons. The Bertz CT molecular complexity index is 161. The van der Waals surface area contributed by atoms with Gasteiger partial charge in [-0.1, -0.05) is 13.3 Å². The Morgan fingerprint density at radius 2 is 2.09 bits per heavy atom. The van der Waals surface area contributed by atoms with Crippen LogP contribution in [0.15, 0.2) is 0 Å². The number of carbonyl (C=O) groups excluding carboxylic acids is 2. The molecular formula is C6H11BrN2O2. The summed E-state index contributed by atoms with van der Waals surface area (Å²) in [5, 5.41) is 0. The lowest BCUT2D eigenvalue weighted by atomic mass is 10.2. The van der Waals surface area contributed by atoms with Gasteiger partial charge in [0.2, 0.25) is 5.91 Å². The van der Waals surface area contributed by atoms with Crippen molar-refractivity contribution in [1.29, 1.82) is 0 Å². The van der Waals surface area contributed by atoms with Crippen LogP contribution >= 0.6 is 16.1 Å². The molecular weight excluding hydrogens is 212 g/mol. The monoisotopic (exact) mass is 222 g/mol. The van der Waals surface area contributed by atoms with Gasteiger partial charge in [0.25, 0.3) is 0 Å². The Balaban J connectivity index is 3.74. The van der Waals surface area contributed by atoms with Crippen LogP contribution in [0.4, 0.5) is 4.79 Å². The second kappa shape index (κ2) is 5.12. The van der Waals surface area contributed by atoms with E-state index in [4.69, 9.17) is 5.73 Å². The second-order valence-corrected chi connectivity index (χ2v) is 2.83. The maximum atomic E-state index is 10.9. The largest absolute Gasteiger partial charge is 0.350 e. The van der Waals surface area contributed by atoms with Crippen molar-refractivity contribution in [1.82, 2.24) is 3.93 Å². The molecule has 3 amide bonds. The summed E-state index contributed by atoms with van der Waals surface area (Å²) in [5.41, 5.74) is 4.83. The first-order valence-electron chi connectivity index (χ1n) is 3.37. The van der Waals surface area contributed by atoms with E-state index in [-0.39, 0.29) is 5.91 Å². The van der Waals surface area contributed by atoms with Crippen LogP contribution in [0.3, 0.4) is 0 Å². The Hall–Kier alpha value is -0.580. The van der Waals surface area contributed by atoms with Crippen LogP contribution in [0.2, 0.25) is 0 Å². The third kappa shape index (κ3) is 3.98. The van der Waals surface area contributed by atoms with Gasteiger partial charge >= 0.3 is 6.03 Å². The Kier molecular flexibility index (Phi) is 4.85. The molecule has 0 aromatic heterocycles. The SMILES string of the molecule is CCCCC(=O)N(Br)C(N)=O. The van der Waals surface area contributed by atoms with Gasteiger partial charge in [-0.15, -0.1) is 0 Å². The van der Waals surface area contributed by atoms with E-state index in [9.17, 15) is 9.59 Å². The number of primary amides is 1. The summed E-state index contributed by atoms with van der Waals surface area (Å²) in [6, 6.07) is -0.772. The summed E-state index contributed by atoms with van der Waals surface area (Å²) < 4.78 is 0.753. The Labute approximate surface area is 74.1 Å². The van der Waals surface area contributed by atoms with Crippen LogP contribution in [0.1, 0.15) is 26.2 Å². The molecule has 0 unspecified atom stereocenters. The zero-order valence-electron chi connectivity index (χ0n) is 6.34. The molecule has 0 saturated heterocycles. The molecule has 0 aromatic rings. The lowest BCUT2D eigenvalue weighted by Crippen LogP contribution is -2.32. The minimum absolute atomic E-state index is 0.292. The van der Waals surface area contributed by atoms with Gasteiger partial charge in [-0.2, -0.15) is 3.93 Å². The lowest BCUT2D eigenvalue weighted by molar-refractivity contribution is -0.123. The van der Waals surface area contributed by atoms with Gasteiger partial charge in [0, 0.05) is 6.42 Å². The van der Waals surface area contributed by atoms with Gasteiger partial charge in [0.05, 0.1) is 16.1 Å². The summed E-state index contributed by atoms with van der Waals surface area (Å²) in [7, 11) is 0. The summed E-state index contributed by atoms with van der Waals surface area (Å²) in [5.74, 6) is -0.292. The molecule has 0 aliphatic heterocycles. The third-order valence-corrected chi connectivity index (χ3v) is 1.90. The number of rotatable bonds is 3. The number of halogens is 1. The molecule has 0 saturated carbocycles. The van der Waals surface area contributed by atoms with Gasteiger partial charge in [0.1, 0.15) is 0 Å². The lowest BCUT2D eigenvalue weighted by Gasteiger charge is -2.07. The molecule has 0 bridgehead atoms. The molecule has 0 aliphatic carbocycles. The fraction of sp³-hybridized carbons (Fsp3) is 0.667. The van der Waals surface area contributed by atoms with E-state index in [2.05, 4.69) is 16.1 Å². The number of nitrogens with two attached hydrogens (primary N) is 1. The molecule has 0 aliphatic rings. The highest BCUT2D eigenvalue weighted by molar-refractivity contribution is 9.08. The predicted octanol–water partition coefficient (Wildman–Crippen LogP) is 1.39. The number of carbonyl (C=O) groups is 2. The topological polar surface area (TPSA) is 63.4 Å². The molecule has 2 N–H and O–H groups in total.